The molecule has 0 radical (unpaired) electrons. The minimum Gasteiger partial charge on any atom is -0.481 e. The van der Waals surface area contributed by atoms with Crippen LogP contribution >= 0.6 is 0 Å². The number of nitrogens with zero attached hydrogens (tertiary/aromatic N) is 2. The van der Waals surface area contributed by atoms with E-state index in [4.69, 9.17) is 5.11 Å². The average molecular weight is 330 g/mol. The number of hydrogen-bond donors (Lipinski definition) is 3. The van der Waals surface area contributed by atoms with Crippen molar-refractivity contribution in [1.29, 1.82) is 0 Å². The van der Waals surface area contributed by atoms with Crippen molar-refractivity contribution in [2.24, 2.45) is 0 Å². The molecule has 2 rings (SSSR count). The van der Waals surface area contributed by atoms with Crippen molar-refractivity contribution in [3.8, 4) is 0 Å². The molecular weight excluding hydrogens is 308 g/mol. The van der Waals surface area contributed by atoms with Crippen LogP contribution in [0.5, 0.6) is 0 Å². The highest BCUT2D eigenvalue weighted by atomic mass is 16.4. The van der Waals surface area contributed by atoms with Crippen LogP contribution < -0.4 is 10.6 Å². The first-order valence-corrected chi connectivity index (χ1v) is 7.97. The highest BCUT2D eigenvalue weighted by Gasteiger charge is 2.05. The number of amides is 2. The van der Waals surface area contributed by atoms with Gasteiger partial charge in [0.05, 0.1) is 22.4 Å². The van der Waals surface area contributed by atoms with Crippen molar-refractivity contribution in [1.82, 2.24) is 15.3 Å². The highest BCUT2D eigenvalue weighted by molar-refractivity contribution is 5.91. The minimum atomic E-state index is -0.787. The Labute approximate surface area is 140 Å². The summed E-state index contributed by atoms with van der Waals surface area (Å²) in [5.74, 6) is -0.787. The Morgan fingerprint density at radius 1 is 1.04 bits per heavy atom. The number of aromatic nitrogens is 2. The largest absolute Gasteiger partial charge is 0.481 e. The first-order chi connectivity index (χ1) is 11.5. The summed E-state index contributed by atoms with van der Waals surface area (Å²) >= 11 is 0. The maximum Gasteiger partial charge on any atom is 0.319 e. The zero-order valence-corrected chi connectivity index (χ0v) is 13.9. The summed E-state index contributed by atoms with van der Waals surface area (Å²) < 4.78 is 0. The number of carbonyl (C=O) groups excluding carboxylic acids is 1. The average Bonchev–Trinajstić information content (AvgIpc) is 2.52. The number of urea groups is 1. The molecule has 3 N–H and O–H groups in total. The second-order valence-corrected chi connectivity index (χ2v) is 5.68. The molecule has 0 aliphatic carbocycles. The molecule has 1 aromatic carbocycles. The fraction of sp³-hybridized carbons (Fsp3) is 0.412. The SMILES string of the molecule is Cc1nc2ccc(NC(=O)NCCCCCC(=O)O)cc2nc1C. The number of carboxylic acid groups (broad SMARTS) is 1. The maximum atomic E-state index is 11.9. The number of unbranched alkanes of at least 4 members (excludes halogenated alkanes) is 2. The molecular formula is C17H22N4O3. The Balaban J connectivity index is 1.82. The molecule has 1 heterocycles. The lowest BCUT2D eigenvalue weighted by atomic mass is 10.2. The van der Waals surface area contributed by atoms with Gasteiger partial charge in [-0.3, -0.25) is 4.79 Å². The molecule has 0 saturated carbocycles. The summed E-state index contributed by atoms with van der Waals surface area (Å²) in [5, 5.41) is 14.1. The van der Waals surface area contributed by atoms with Gasteiger partial charge in [0.1, 0.15) is 0 Å². The van der Waals surface area contributed by atoms with Crippen LogP contribution in [0.3, 0.4) is 0 Å². The van der Waals surface area contributed by atoms with Gasteiger partial charge in [-0.05, 0) is 44.9 Å². The fourth-order valence-electron chi connectivity index (χ4n) is 2.26. The number of carbonyl (C=O) groups is 2. The molecule has 2 aromatic rings. The molecule has 0 saturated heterocycles. The normalized spacial score (nSPS) is 10.6. The van der Waals surface area contributed by atoms with Gasteiger partial charge in [0.25, 0.3) is 0 Å². The molecule has 0 bridgehead atoms. The summed E-state index contributed by atoms with van der Waals surface area (Å²) in [5.41, 5.74) is 3.95. The third kappa shape index (κ3) is 5.19. The lowest BCUT2D eigenvalue weighted by molar-refractivity contribution is -0.137. The Morgan fingerprint density at radius 2 is 1.75 bits per heavy atom. The summed E-state index contributed by atoms with van der Waals surface area (Å²) in [6.07, 6.45) is 2.32. The van der Waals surface area contributed by atoms with Crippen LogP contribution in [0.25, 0.3) is 11.0 Å². The number of aliphatic carboxylic acids is 1. The maximum absolute atomic E-state index is 11.9. The van der Waals surface area contributed by atoms with Gasteiger partial charge in [0.15, 0.2) is 0 Å². The smallest absolute Gasteiger partial charge is 0.319 e. The third-order valence-corrected chi connectivity index (χ3v) is 3.69. The lowest BCUT2D eigenvalue weighted by Crippen LogP contribution is -2.29. The monoisotopic (exact) mass is 330 g/mol. The predicted molar refractivity (Wildman–Crippen MR) is 92.1 cm³/mol. The quantitative estimate of drug-likeness (QED) is 0.677. The number of rotatable bonds is 7. The molecule has 2 amide bonds. The second kappa shape index (κ2) is 8.24. The molecule has 24 heavy (non-hydrogen) atoms. The zero-order chi connectivity index (χ0) is 17.5. The molecule has 0 aliphatic rings. The molecule has 1 aromatic heterocycles. The Kier molecular flexibility index (Phi) is 6.06. The van der Waals surface area contributed by atoms with Crippen molar-refractivity contribution in [3.05, 3.63) is 29.6 Å². The van der Waals surface area contributed by atoms with Crippen LogP contribution in [0.15, 0.2) is 18.2 Å². The van der Waals surface area contributed by atoms with Crippen LogP contribution in [0, 0.1) is 13.8 Å². The lowest BCUT2D eigenvalue weighted by Gasteiger charge is -2.09. The van der Waals surface area contributed by atoms with E-state index in [9.17, 15) is 9.59 Å². The fourth-order valence-corrected chi connectivity index (χ4v) is 2.26. The van der Waals surface area contributed by atoms with E-state index in [1.165, 1.54) is 0 Å². The van der Waals surface area contributed by atoms with E-state index >= 15 is 0 Å². The number of fused-ring (bicyclic) bond motifs is 1. The molecule has 0 aliphatic heterocycles. The number of hydrogen-bond acceptors (Lipinski definition) is 4. The van der Waals surface area contributed by atoms with Crippen LogP contribution in [0.4, 0.5) is 10.5 Å². The molecule has 128 valence electrons. The van der Waals surface area contributed by atoms with E-state index in [-0.39, 0.29) is 12.5 Å². The van der Waals surface area contributed by atoms with Crippen LogP contribution in [-0.4, -0.2) is 33.6 Å². The van der Waals surface area contributed by atoms with Gasteiger partial charge in [0, 0.05) is 18.7 Å². The Bertz CT molecular complexity index is 746. The van der Waals surface area contributed by atoms with Crippen molar-refractivity contribution in [3.63, 3.8) is 0 Å². The van der Waals surface area contributed by atoms with E-state index in [0.717, 1.165) is 35.3 Å². The summed E-state index contributed by atoms with van der Waals surface area (Å²) in [6, 6.07) is 5.12. The topological polar surface area (TPSA) is 104 Å². The third-order valence-electron chi connectivity index (χ3n) is 3.69. The van der Waals surface area contributed by atoms with Crippen molar-refractivity contribution < 1.29 is 14.7 Å². The van der Waals surface area contributed by atoms with E-state index in [1.54, 1.807) is 12.1 Å². The van der Waals surface area contributed by atoms with E-state index < -0.39 is 5.97 Å². The van der Waals surface area contributed by atoms with Gasteiger partial charge in [0.2, 0.25) is 0 Å². The molecule has 0 unspecified atom stereocenters. The van der Waals surface area contributed by atoms with E-state index in [1.807, 2.05) is 19.9 Å². The second-order valence-electron chi connectivity index (χ2n) is 5.68. The van der Waals surface area contributed by atoms with Crippen LogP contribution in [-0.2, 0) is 4.79 Å². The molecule has 0 atom stereocenters. The van der Waals surface area contributed by atoms with Crippen molar-refractivity contribution >= 4 is 28.7 Å². The zero-order valence-electron chi connectivity index (χ0n) is 13.9. The molecule has 0 spiro atoms. The Morgan fingerprint density at radius 3 is 2.46 bits per heavy atom. The van der Waals surface area contributed by atoms with E-state index in [0.29, 0.717) is 18.7 Å². The predicted octanol–water partition coefficient (Wildman–Crippen LogP) is 3.01. The minimum absolute atomic E-state index is 0.170. The Hall–Kier alpha value is -2.70. The first kappa shape index (κ1) is 17.7. The van der Waals surface area contributed by atoms with Crippen LogP contribution in [0.2, 0.25) is 0 Å². The van der Waals surface area contributed by atoms with Crippen LogP contribution in [0.1, 0.15) is 37.1 Å². The first-order valence-electron chi connectivity index (χ1n) is 7.97. The van der Waals surface area contributed by atoms with Gasteiger partial charge in [-0.1, -0.05) is 6.42 Å². The standard InChI is InChI=1S/C17H22N4O3/c1-11-12(2)20-15-10-13(7-8-14(15)19-11)21-17(24)18-9-5-3-4-6-16(22)23/h7-8,10H,3-6,9H2,1-2H3,(H,22,23)(H2,18,21,24). The number of anilines is 1. The summed E-state index contributed by atoms with van der Waals surface area (Å²) in [6.45, 7) is 4.33. The summed E-state index contributed by atoms with van der Waals surface area (Å²) in [4.78, 5) is 31.2. The van der Waals surface area contributed by atoms with E-state index in [2.05, 4.69) is 20.6 Å². The van der Waals surface area contributed by atoms with Crippen molar-refractivity contribution in [2.45, 2.75) is 39.5 Å². The highest BCUT2D eigenvalue weighted by Crippen LogP contribution is 2.17. The van der Waals surface area contributed by atoms with Crippen molar-refractivity contribution in [2.75, 3.05) is 11.9 Å². The number of aryl methyl sites for hydroxylation is 2. The number of benzene rings is 1. The molecule has 7 heteroatoms. The van der Waals surface area contributed by atoms with Gasteiger partial charge >= 0.3 is 12.0 Å². The van der Waals surface area contributed by atoms with Gasteiger partial charge in [-0.25, -0.2) is 14.8 Å². The van der Waals surface area contributed by atoms with Gasteiger partial charge in [-0.15, -0.1) is 0 Å². The molecule has 0 fully saturated rings. The number of carboxylic acids is 1. The summed E-state index contributed by atoms with van der Waals surface area (Å²) in [7, 11) is 0. The van der Waals surface area contributed by atoms with Gasteiger partial charge < -0.3 is 15.7 Å². The molecule has 7 nitrogen and oxygen atoms in total. The van der Waals surface area contributed by atoms with Gasteiger partial charge in [-0.2, -0.15) is 0 Å². The number of nitrogens with one attached hydrogen (secondary N) is 2.